The topological polar surface area (TPSA) is 75.3 Å². The molecule has 1 aliphatic rings. The summed E-state index contributed by atoms with van der Waals surface area (Å²) in [5, 5.41) is 15.7. The minimum absolute atomic E-state index is 0.756. The fraction of sp³-hybridized carbons (Fsp3) is 0.190. The van der Waals surface area contributed by atoms with Crippen molar-refractivity contribution in [3.8, 4) is 10.7 Å². The third-order valence-corrected chi connectivity index (χ3v) is 6.24. The fourth-order valence-electron chi connectivity index (χ4n) is 3.85. The van der Waals surface area contributed by atoms with Crippen LogP contribution in [0.3, 0.4) is 0 Å². The third-order valence-electron chi connectivity index (χ3n) is 5.38. The Balaban J connectivity index is 1.31. The second-order valence-electron chi connectivity index (χ2n) is 7.16. The van der Waals surface area contributed by atoms with Gasteiger partial charge in [0.15, 0.2) is 11.5 Å². The molecule has 5 heterocycles. The normalized spacial score (nSPS) is 14.7. The van der Waals surface area contributed by atoms with Crippen molar-refractivity contribution in [2.75, 3.05) is 36.0 Å². The summed E-state index contributed by atoms with van der Waals surface area (Å²) in [5.74, 6) is 2.74. The molecule has 4 aromatic heterocycles. The highest BCUT2D eigenvalue weighted by atomic mass is 32.1. The summed E-state index contributed by atoms with van der Waals surface area (Å²) in [4.78, 5) is 15.5. The lowest BCUT2D eigenvalue weighted by Crippen LogP contribution is -2.47. The van der Waals surface area contributed by atoms with Crippen LogP contribution in [0, 0.1) is 0 Å². The van der Waals surface area contributed by atoms with Crippen molar-refractivity contribution >= 4 is 39.5 Å². The SMILES string of the molecule is c1csc(-c2nc(N3CCN(c4ccc5nncn5n4)CC3)c3ccccc3n2)c1. The van der Waals surface area contributed by atoms with E-state index in [0.29, 0.717) is 0 Å². The number of rotatable bonds is 3. The first-order valence-electron chi connectivity index (χ1n) is 9.83. The van der Waals surface area contributed by atoms with Crippen LogP contribution in [0.5, 0.6) is 0 Å². The molecular formula is C21H18N8S. The van der Waals surface area contributed by atoms with Gasteiger partial charge in [-0.3, -0.25) is 0 Å². The Kier molecular flexibility index (Phi) is 4.05. The number of piperazine rings is 1. The zero-order valence-electron chi connectivity index (χ0n) is 16.1. The number of para-hydroxylation sites is 1. The maximum absolute atomic E-state index is 4.97. The van der Waals surface area contributed by atoms with Gasteiger partial charge in [0, 0.05) is 31.6 Å². The van der Waals surface area contributed by atoms with Gasteiger partial charge in [-0.2, -0.15) is 4.52 Å². The first-order valence-corrected chi connectivity index (χ1v) is 10.7. The molecule has 0 unspecified atom stereocenters. The summed E-state index contributed by atoms with van der Waals surface area (Å²) in [6, 6.07) is 16.3. The molecule has 1 aliphatic heterocycles. The van der Waals surface area contributed by atoms with Crippen molar-refractivity contribution in [2.24, 2.45) is 0 Å². The van der Waals surface area contributed by atoms with Gasteiger partial charge in [-0.1, -0.05) is 18.2 Å². The Labute approximate surface area is 176 Å². The molecule has 1 aromatic carbocycles. The number of anilines is 2. The van der Waals surface area contributed by atoms with Crippen molar-refractivity contribution in [3.05, 3.63) is 60.2 Å². The van der Waals surface area contributed by atoms with Crippen LogP contribution in [-0.2, 0) is 0 Å². The number of aromatic nitrogens is 6. The highest BCUT2D eigenvalue weighted by Gasteiger charge is 2.22. The average Bonchev–Trinajstić information content (AvgIpc) is 3.50. The Morgan fingerprint density at radius 1 is 0.833 bits per heavy atom. The zero-order valence-corrected chi connectivity index (χ0v) is 16.9. The van der Waals surface area contributed by atoms with Crippen LogP contribution >= 0.6 is 11.3 Å². The summed E-state index contributed by atoms with van der Waals surface area (Å²) >= 11 is 1.67. The van der Waals surface area contributed by atoms with Gasteiger partial charge in [-0.15, -0.1) is 26.6 Å². The molecule has 0 bridgehead atoms. The van der Waals surface area contributed by atoms with Crippen molar-refractivity contribution in [1.29, 1.82) is 0 Å². The zero-order chi connectivity index (χ0) is 19.9. The second kappa shape index (κ2) is 7.03. The number of benzene rings is 1. The molecule has 0 amide bonds. The van der Waals surface area contributed by atoms with Gasteiger partial charge in [0.2, 0.25) is 0 Å². The first-order chi connectivity index (χ1) is 14.8. The maximum Gasteiger partial charge on any atom is 0.177 e. The molecule has 0 radical (unpaired) electrons. The van der Waals surface area contributed by atoms with Gasteiger partial charge >= 0.3 is 0 Å². The van der Waals surface area contributed by atoms with Crippen molar-refractivity contribution in [1.82, 2.24) is 29.8 Å². The molecule has 9 heteroatoms. The predicted molar refractivity (Wildman–Crippen MR) is 118 cm³/mol. The average molecular weight is 414 g/mol. The van der Waals surface area contributed by atoms with E-state index >= 15 is 0 Å². The Morgan fingerprint density at radius 3 is 2.57 bits per heavy atom. The molecule has 6 rings (SSSR count). The molecule has 1 fully saturated rings. The smallest absolute Gasteiger partial charge is 0.177 e. The van der Waals surface area contributed by atoms with E-state index in [1.165, 1.54) is 0 Å². The number of fused-ring (bicyclic) bond motifs is 2. The van der Waals surface area contributed by atoms with E-state index in [-0.39, 0.29) is 0 Å². The van der Waals surface area contributed by atoms with E-state index in [9.17, 15) is 0 Å². The second-order valence-corrected chi connectivity index (χ2v) is 8.11. The molecule has 0 spiro atoms. The standard InChI is InChI=1S/C21H18N8S/c1-2-5-16-15(4-1)21(24-20(23-16)17-6-3-13-30-17)28-11-9-27(10-12-28)19-8-7-18-25-22-14-29(18)26-19/h1-8,13-14H,9-12H2. The number of thiophene rings is 1. The van der Waals surface area contributed by atoms with Gasteiger partial charge in [0.25, 0.3) is 0 Å². The Hall–Kier alpha value is -3.59. The highest BCUT2D eigenvalue weighted by molar-refractivity contribution is 7.13. The number of nitrogens with zero attached hydrogens (tertiary/aromatic N) is 8. The number of hydrogen-bond acceptors (Lipinski definition) is 8. The molecule has 0 atom stereocenters. The third kappa shape index (κ3) is 2.94. The number of hydrogen-bond donors (Lipinski definition) is 0. The summed E-state index contributed by atoms with van der Waals surface area (Å²) in [5.41, 5.74) is 1.74. The van der Waals surface area contributed by atoms with Gasteiger partial charge in [-0.25, -0.2) is 9.97 Å². The molecule has 0 aliphatic carbocycles. The summed E-state index contributed by atoms with van der Waals surface area (Å²) in [6.45, 7) is 3.47. The lowest BCUT2D eigenvalue weighted by Gasteiger charge is -2.36. The molecular weight excluding hydrogens is 396 g/mol. The first kappa shape index (κ1) is 17.3. The van der Waals surface area contributed by atoms with Crippen LogP contribution in [0.1, 0.15) is 0 Å². The van der Waals surface area contributed by atoms with E-state index in [1.807, 2.05) is 24.3 Å². The molecule has 0 saturated carbocycles. The Morgan fingerprint density at radius 2 is 1.70 bits per heavy atom. The molecule has 30 heavy (non-hydrogen) atoms. The van der Waals surface area contributed by atoms with Crippen LogP contribution in [0.4, 0.5) is 11.6 Å². The molecule has 1 saturated heterocycles. The van der Waals surface area contributed by atoms with E-state index in [0.717, 1.165) is 65.1 Å². The summed E-state index contributed by atoms with van der Waals surface area (Å²) < 4.78 is 1.72. The van der Waals surface area contributed by atoms with Crippen LogP contribution < -0.4 is 9.80 Å². The quantitative estimate of drug-likeness (QED) is 0.449. The van der Waals surface area contributed by atoms with Crippen LogP contribution in [0.2, 0.25) is 0 Å². The van der Waals surface area contributed by atoms with E-state index < -0.39 is 0 Å². The van der Waals surface area contributed by atoms with E-state index in [4.69, 9.17) is 9.97 Å². The van der Waals surface area contributed by atoms with Gasteiger partial charge in [-0.05, 0) is 35.7 Å². The molecule has 0 N–H and O–H groups in total. The largest absolute Gasteiger partial charge is 0.352 e. The highest BCUT2D eigenvalue weighted by Crippen LogP contribution is 2.30. The molecule has 5 aromatic rings. The van der Waals surface area contributed by atoms with Crippen LogP contribution in [0.15, 0.2) is 60.2 Å². The van der Waals surface area contributed by atoms with E-state index in [2.05, 4.69) is 54.7 Å². The summed E-state index contributed by atoms with van der Waals surface area (Å²) in [6.07, 6.45) is 1.63. The lowest BCUT2D eigenvalue weighted by atomic mass is 10.2. The molecule has 148 valence electrons. The van der Waals surface area contributed by atoms with Crippen molar-refractivity contribution in [3.63, 3.8) is 0 Å². The van der Waals surface area contributed by atoms with Crippen molar-refractivity contribution < 1.29 is 0 Å². The molecule has 8 nitrogen and oxygen atoms in total. The van der Waals surface area contributed by atoms with Gasteiger partial charge in [0.1, 0.15) is 18.0 Å². The van der Waals surface area contributed by atoms with Gasteiger partial charge in [0.05, 0.1) is 10.4 Å². The lowest BCUT2D eigenvalue weighted by molar-refractivity contribution is 0.637. The van der Waals surface area contributed by atoms with Crippen LogP contribution in [0.25, 0.3) is 27.3 Å². The predicted octanol–water partition coefficient (Wildman–Crippen LogP) is 3.12. The van der Waals surface area contributed by atoms with Crippen LogP contribution in [-0.4, -0.2) is 56.0 Å². The minimum Gasteiger partial charge on any atom is -0.352 e. The maximum atomic E-state index is 4.97. The monoisotopic (exact) mass is 414 g/mol. The fourth-order valence-corrected chi connectivity index (χ4v) is 4.51. The Bertz CT molecular complexity index is 1320. The van der Waals surface area contributed by atoms with Crippen molar-refractivity contribution in [2.45, 2.75) is 0 Å². The summed E-state index contributed by atoms with van der Waals surface area (Å²) in [7, 11) is 0. The van der Waals surface area contributed by atoms with Gasteiger partial charge < -0.3 is 9.80 Å². The minimum atomic E-state index is 0.756. The van der Waals surface area contributed by atoms with E-state index in [1.54, 1.807) is 22.2 Å².